The summed E-state index contributed by atoms with van der Waals surface area (Å²) < 4.78 is 2.13. The Bertz CT molecular complexity index is 1000. The molecule has 0 amide bonds. The second-order valence-corrected chi connectivity index (χ2v) is 6.98. The van der Waals surface area contributed by atoms with Crippen LogP contribution in [-0.2, 0) is 0 Å². The van der Waals surface area contributed by atoms with E-state index in [1.807, 2.05) is 6.20 Å². The van der Waals surface area contributed by atoms with Gasteiger partial charge in [0.05, 0.1) is 5.69 Å². The van der Waals surface area contributed by atoms with Crippen LogP contribution in [0.3, 0.4) is 0 Å². The van der Waals surface area contributed by atoms with Gasteiger partial charge in [-0.2, -0.15) is 5.10 Å². The largest absolute Gasteiger partial charge is 0.408 e. The molecule has 0 saturated heterocycles. The van der Waals surface area contributed by atoms with Crippen molar-refractivity contribution in [1.82, 2.24) is 9.69 Å². The lowest BCUT2D eigenvalue weighted by Gasteiger charge is -2.29. The molecule has 4 heteroatoms. The van der Waals surface area contributed by atoms with Gasteiger partial charge in [-0.1, -0.05) is 78.9 Å². The second-order valence-electron chi connectivity index (χ2n) is 6.98. The molecule has 27 heavy (non-hydrogen) atoms. The van der Waals surface area contributed by atoms with Crippen molar-refractivity contribution in [2.45, 2.75) is 12.2 Å². The van der Waals surface area contributed by atoms with E-state index in [4.69, 9.17) is 0 Å². The van der Waals surface area contributed by atoms with Crippen molar-refractivity contribution in [1.29, 1.82) is 0 Å². The Hall–Kier alpha value is -3.27. The van der Waals surface area contributed by atoms with Gasteiger partial charge in [0.25, 0.3) is 0 Å². The predicted molar refractivity (Wildman–Crippen MR) is 112 cm³/mol. The van der Waals surface area contributed by atoms with Gasteiger partial charge in [0.15, 0.2) is 0 Å². The Morgan fingerprint density at radius 2 is 1.41 bits per heavy atom. The van der Waals surface area contributed by atoms with E-state index in [0.29, 0.717) is 5.92 Å². The first-order valence-electron chi connectivity index (χ1n) is 9.39. The van der Waals surface area contributed by atoms with Gasteiger partial charge in [0, 0.05) is 23.4 Å². The highest BCUT2D eigenvalue weighted by atomic mass is 15.3. The first kappa shape index (κ1) is 15.9. The number of hydrogen-bond acceptors (Lipinski definition) is 2. The zero-order chi connectivity index (χ0) is 18.1. The summed E-state index contributed by atoms with van der Waals surface area (Å²) in [7, 11) is 0. The summed E-state index contributed by atoms with van der Waals surface area (Å²) >= 11 is 0. The van der Waals surface area contributed by atoms with Crippen LogP contribution < -0.4 is 5.23 Å². The lowest BCUT2D eigenvalue weighted by Crippen LogP contribution is -2.39. The van der Waals surface area contributed by atoms with Crippen LogP contribution in [0.4, 0.5) is 5.69 Å². The Balaban J connectivity index is 1.55. The van der Waals surface area contributed by atoms with Crippen molar-refractivity contribution < 1.29 is 0 Å². The fourth-order valence-electron chi connectivity index (χ4n) is 4.07. The Labute approximate surface area is 159 Å². The van der Waals surface area contributed by atoms with Gasteiger partial charge in [0.1, 0.15) is 0 Å². The highest BCUT2D eigenvalue weighted by Gasteiger charge is 2.32. The quantitative estimate of drug-likeness (QED) is 0.517. The molecule has 1 aromatic heterocycles. The van der Waals surface area contributed by atoms with E-state index in [9.17, 15) is 0 Å². The highest BCUT2D eigenvalue weighted by molar-refractivity contribution is 6.62. The molecule has 0 atom stereocenters. The minimum absolute atomic E-state index is 0.107. The number of rotatable bonds is 4. The number of benzene rings is 3. The molecule has 0 bridgehead atoms. The number of aromatic nitrogens is 2. The summed E-state index contributed by atoms with van der Waals surface area (Å²) in [6, 6.07) is 32.1. The predicted octanol–water partition coefficient (Wildman–Crippen LogP) is 5.14. The molecule has 0 unspecified atom stereocenters. The molecule has 0 aliphatic carbocycles. The summed E-state index contributed by atoms with van der Waals surface area (Å²) in [6.45, 7) is 0.107. The smallest absolute Gasteiger partial charge is 0.397 e. The normalized spacial score (nSPS) is 12.4. The third-order valence-corrected chi connectivity index (χ3v) is 5.35. The summed E-state index contributed by atoms with van der Waals surface area (Å²) in [5.74, 6) is 0.298. The van der Waals surface area contributed by atoms with Crippen molar-refractivity contribution in [2.24, 2.45) is 0 Å². The number of hydrogen-bond donors (Lipinski definition) is 1. The van der Waals surface area contributed by atoms with Gasteiger partial charge in [-0.25, -0.2) is 0 Å². The third kappa shape index (κ3) is 2.93. The van der Waals surface area contributed by atoms with Gasteiger partial charge in [-0.15, -0.1) is 0 Å². The lowest BCUT2D eigenvalue weighted by atomic mass is 9.63. The molecule has 0 radical (unpaired) electrons. The van der Waals surface area contributed by atoms with Gasteiger partial charge >= 0.3 is 6.98 Å². The van der Waals surface area contributed by atoms with Gasteiger partial charge in [-0.05, 0) is 29.6 Å². The number of nitrogens with zero attached hydrogens (tertiary/aromatic N) is 2. The van der Waals surface area contributed by atoms with Crippen molar-refractivity contribution >= 4 is 12.7 Å². The zero-order valence-electron chi connectivity index (χ0n) is 15.0. The maximum Gasteiger partial charge on any atom is 0.397 e. The van der Waals surface area contributed by atoms with Crippen LogP contribution in [0.25, 0.3) is 11.3 Å². The molecule has 3 aromatic carbocycles. The summed E-state index contributed by atoms with van der Waals surface area (Å²) in [4.78, 5) is 0. The van der Waals surface area contributed by atoms with Crippen LogP contribution >= 0.6 is 0 Å². The molecular weight excluding hydrogens is 329 g/mol. The molecule has 4 aromatic rings. The number of anilines is 1. The molecular formula is C23H20BN3. The van der Waals surface area contributed by atoms with Crippen molar-refractivity contribution in [2.75, 3.05) is 5.23 Å². The molecule has 0 fully saturated rings. The Morgan fingerprint density at radius 3 is 2.11 bits per heavy atom. The van der Waals surface area contributed by atoms with Crippen LogP contribution in [0.2, 0.25) is 6.32 Å². The van der Waals surface area contributed by atoms with E-state index in [-0.39, 0.29) is 6.98 Å². The fraction of sp³-hybridized carbons (Fsp3) is 0.0870. The van der Waals surface area contributed by atoms with Crippen LogP contribution in [0.15, 0.2) is 97.2 Å². The maximum absolute atomic E-state index is 4.63. The van der Waals surface area contributed by atoms with Gasteiger partial charge in [0.2, 0.25) is 0 Å². The molecule has 1 aliphatic heterocycles. The van der Waals surface area contributed by atoms with E-state index < -0.39 is 0 Å². The molecule has 5 rings (SSSR count). The number of nitrogens with one attached hydrogen (secondary N) is 1. The summed E-state index contributed by atoms with van der Waals surface area (Å²) in [5.41, 5.74) is 6.22. The molecule has 1 N–H and O–H groups in total. The van der Waals surface area contributed by atoms with Gasteiger partial charge in [-0.3, -0.25) is 4.59 Å². The number of para-hydroxylation sites is 1. The third-order valence-electron chi connectivity index (χ3n) is 5.35. The monoisotopic (exact) mass is 349 g/mol. The molecule has 1 aliphatic rings. The van der Waals surface area contributed by atoms with Crippen LogP contribution in [0.5, 0.6) is 0 Å². The van der Waals surface area contributed by atoms with Gasteiger partial charge < -0.3 is 5.23 Å². The molecule has 2 heterocycles. The summed E-state index contributed by atoms with van der Waals surface area (Å²) in [5, 5.41) is 8.34. The van der Waals surface area contributed by atoms with Crippen LogP contribution in [-0.4, -0.2) is 16.7 Å². The average molecular weight is 349 g/mol. The lowest BCUT2D eigenvalue weighted by molar-refractivity contribution is 0.861. The van der Waals surface area contributed by atoms with E-state index in [2.05, 4.69) is 106 Å². The molecule has 130 valence electrons. The van der Waals surface area contributed by atoms with Crippen molar-refractivity contribution in [3.05, 3.63) is 108 Å². The van der Waals surface area contributed by atoms with Crippen LogP contribution in [0.1, 0.15) is 17.0 Å². The Kier molecular flexibility index (Phi) is 4.02. The number of fused-ring (bicyclic) bond motifs is 3. The maximum atomic E-state index is 4.63. The zero-order valence-corrected chi connectivity index (χ0v) is 15.0. The fourth-order valence-corrected chi connectivity index (χ4v) is 4.07. The van der Waals surface area contributed by atoms with E-state index in [1.165, 1.54) is 28.1 Å². The Morgan fingerprint density at radius 1 is 0.778 bits per heavy atom. The van der Waals surface area contributed by atoms with E-state index in [0.717, 1.165) is 6.32 Å². The molecule has 0 spiro atoms. The first-order valence-corrected chi connectivity index (χ1v) is 9.39. The van der Waals surface area contributed by atoms with E-state index >= 15 is 0 Å². The summed E-state index contributed by atoms with van der Waals surface area (Å²) in [6.07, 6.45) is 2.82. The first-order chi connectivity index (χ1) is 13.4. The average Bonchev–Trinajstić information content (AvgIpc) is 3.24. The second kappa shape index (κ2) is 6.80. The standard InChI is InChI=1S/C23H20BN3/c1-3-9-18(10-4-1)21(19-11-5-2-6-12-19)17-24-26-22-14-8-7-13-20(22)23-15-16-25-27(23)24/h1-16,21,26H,17H2. The minimum Gasteiger partial charge on any atom is -0.408 e. The molecule has 3 nitrogen and oxygen atoms in total. The van der Waals surface area contributed by atoms with Crippen molar-refractivity contribution in [3.8, 4) is 11.3 Å². The van der Waals surface area contributed by atoms with Crippen molar-refractivity contribution in [3.63, 3.8) is 0 Å². The minimum atomic E-state index is 0.107. The van der Waals surface area contributed by atoms with Crippen LogP contribution in [0, 0.1) is 0 Å². The highest BCUT2D eigenvalue weighted by Crippen LogP contribution is 2.36. The van der Waals surface area contributed by atoms with E-state index in [1.54, 1.807) is 0 Å². The SMILES string of the molecule is c1ccc(C(CB2Nc3ccccc3-c3ccnn32)c2ccccc2)cc1. The molecule has 0 saturated carbocycles. The topological polar surface area (TPSA) is 29.9 Å².